The van der Waals surface area contributed by atoms with Crippen molar-refractivity contribution in [1.29, 1.82) is 0 Å². The van der Waals surface area contributed by atoms with Gasteiger partial charge in [-0.1, -0.05) is 13.0 Å². The summed E-state index contributed by atoms with van der Waals surface area (Å²) >= 11 is 0. The van der Waals surface area contributed by atoms with Crippen LogP contribution >= 0.6 is 0 Å². The van der Waals surface area contributed by atoms with Crippen molar-refractivity contribution in [3.63, 3.8) is 0 Å². The first-order valence-electron chi connectivity index (χ1n) is 8.78. The third kappa shape index (κ3) is 4.13. The molecule has 1 atom stereocenters. The number of rotatable bonds is 5. The number of hydrogen-bond acceptors (Lipinski definition) is 6. The van der Waals surface area contributed by atoms with Gasteiger partial charge >= 0.3 is 0 Å². The lowest BCUT2D eigenvalue weighted by atomic mass is 10.00. The average Bonchev–Trinajstić information content (AvgIpc) is 2.59. The highest BCUT2D eigenvalue weighted by molar-refractivity contribution is 7.89. The summed E-state index contributed by atoms with van der Waals surface area (Å²) in [7, 11) is -3.70. The minimum atomic E-state index is -3.70. The van der Waals surface area contributed by atoms with Gasteiger partial charge in [0.05, 0.1) is 4.90 Å². The van der Waals surface area contributed by atoms with E-state index in [-0.39, 0.29) is 4.90 Å². The second kappa shape index (κ2) is 7.20. The predicted molar refractivity (Wildman–Crippen MR) is 103 cm³/mol. The van der Waals surface area contributed by atoms with Gasteiger partial charge in [0.2, 0.25) is 10.0 Å². The summed E-state index contributed by atoms with van der Waals surface area (Å²) in [5.74, 6) is 2.36. The Morgan fingerprint density at radius 2 is 2.04 bits per heavy atom. The normalized spacial score (nSPS) is 15.5. The van der Waals surface area contributed by atoms with Gasteiger partial charge in [-0.2, -0.15) is 0 Å². The molecule has 2 aromatic rings. The molecule has 3 N–H and O–H groups in total. The molecule has 7 nitrogen and oxygen atoms in total. The summed E-state index contributed by atoms with van der Waals surface area (Å²) in [5.41, 5.74) is 2.12. The molecule has 0 saturated heterocycles. The highest BCUT2D eigenvalue weighted by atomic mass is 32.2. The van der Waals surface area contributed by atoms with Crippen molar-refractivity contribution in [1.82, 2.24) is 9.97 Å². The topological polar surface area (TPSA) is 101 Å². The number of primary sulfonamides is 1. The lowest BCUT2D eigenvalue weighted by Crippen LogP contribution is -2.31. The third-order valence-corrected chi connectivity index (χ3v) is 5.58. The van der Waals surface area contributed by atoms with Crippen molar-refractivity contribution in [2.24, 2.45) is 5.14 Å². The van der Waals surface area contributed by atoms with E-state index in [0.29, 0.717) is 18.4 Å². The van der Waals surface area contributed by atoms with Crippen molar-refractivity contribution >= 4 is 21.7 Å². The van der Waals surface area contributed by atoms with Crippen LogP contribution in [0.4, 0.5) is 11.6 Å². The Kier molecular flexibility index (Phi) is 5.15. The fraction of sp³-hybridized carbons (Fsp3) is 0.444. The van der Waals surface area contributed by atoms with Crippen molar-refractivity contribution < 1.29 is 8.42 Å². The van der Waals surface area contributed by atoms with E-state index in [1.54, 1.807) is 12.1 Å². The fourth-order valence-corrected chi connectivity index (χ4v) is 3.61. The molecule has 0 spiro atoms. The Morgan fingerprint density at radius 1 is 1.27 bits per heavy atom. The summed E-state index contributed by atoms with van der Waals surface area (Å²) in [6.45, 7) is 7.53. The zero-order chi connectivity index (χ0) is 18.9. The number of nitrogens with two attached hydrogens (primary N) is 1. The Hall–Kier alpha value is -2.19. The van der Waals surface area contributed by atoms with Crippen LogP contribution in [0.25, 0.3) is 0 Å². The number of aryl methyl sites for hydroxylation is 1. The SMILES string of the molecule is CC[C@@H](C)Nc1cc(N2CCc3ccc(S(N)(=O)=O)cc3C2)nc(C)n1. The van der Waals surface area contributed by atoms with E-state index < -0.39 is 10.0 Å². The molecule has 1 aliphatic heterocycles. The number of benzene rings is 1. The van der Waals surface area contributed by atoms with Crippen LogP contribution in [0.5, 0.6) is 0 Å². The first-order chi connectivity index (χ1) is 12.3. The van der Waals surface area contributed by atoms with Gasteiger partial charge in [0.1, 0.15) is 17.5 Å². The van der Waals surface area contributed by atoms with Crippen LogP contribution in [0.1, 0.15) is 37.2 Å². The molecule has 8 heteroatoms. The molecule has 3 rings (SSSR count). The van der Waals surface area contributed by atoms with E-state index in [1.165, 1.54) is 0 Å². The maximum Gasteiger partial charge on any atom is 0.238 e. The summed E-state index contributed by atoms with van der Waals surface area (Å²) < 4.78 is 23.3. The lowest BCUT2D eigenvalue weighted by molar-refractivity contribution is 0.597. The van der Waals surface area contributed by atoms with Gasteiger partial charge in [0.25, 0.3) is 0 Å². The second-order valence-electron chi connectivity index (χ2n) is 6.76. The fourth-order valence-electron chi connectivity index (χ4n) is 3.05. The molecule has 1 aromatic heterocycles. The van der Waals surface area contributed by atoms with Crippen molar-refractivity contribution in [2.45, 2.75) is 51.1 Å². The average molecular weight is 375 g/mol. The van der Waals surface area contributed by atoms with Gasteiger partial charge in [-0.3, -0.25) is 0 Å². The molecule has 0 radical (unpaired) electrons. The molecule has 0 bridgehead atoms. The highest BCUT2D eigenvalue weighted by Crippen LogP contribution is 2.26. The van der Waals surface area contributed by atoms with Crippen LogP contribution in [0.2, 0.25) is 0 Å². The zero-order valence-corrected chi connectivity index (χ0v) is 16.2. The highest BCUT2D eigenvalue weighted by Gasteiger charge is 2.20. The molecule has 0 aliphatic carbocycles. The Bertz CT molecular complexity index is 914. The minimum absolute atomic E-state index is 0.149. The van der Waals surface area contributed by atoms with Gasteiger partial charge in [0, 0.05) is 25.2 Å². The molecule has 0 saturated carbocycles. The van der Waals surface area contributed by atoms with Crippen molar-refractivity contribution in [3.05, 3.63) is 41.2 Å². The van der Waals surface area contributed by atoms with E-state index in [4.69, 9.17) is 5.14 Å². The van der Waals surface area contributed by atoms with Crippen LogP contribution in [0, 0.1) is 6.92 Å². The number of sulfonamides is 1. The maximum atomic E-state index is 11.6. The van der Waals surface area contributed by atoms with Crippen LogP contribution in [-0.4, -0.2) is 31.0 Å². The minimum Gasteiger partial charge on any atom is -0.367 e. The summed E-state index contributed by atoms with van der Waals surface area (Å²) in [4.78, 5) is 11.3. The molecule has 0 amide bonds. The molecule has 1 aliphatic rings. The number of anilines is 2. The van der Waals surface area contributed by atoms with Gasteiger partial charge in [-0.25, -0.2) is 23.5 Å². The van der Waals surface area contributed by atoms with Crippen LogP contribution in [0.3, 0.4) is 0 Å². The quantitative estimate of drug-likeness (QED) is 0.831. The molecule has 0 fully saturated rings. The van der Waals surface area contributed by atoms with E-state index in [0.717, 1.165) is 42.1 Å². The lowest BCUT2D eigenvalue weighted by Gasteiger charge is -2.30. The Balaban J connectivity index is 1.88. The first-order valence-corrected chi connectivity index (χ1v) is 10.3. The summed E-state index contributed by atoms with van der Waals surface area (Å²) in [6, 6.07) is 7.38. The zero-order valence-electron chi connectivity index (χ0n) is 15.4. The standard InChI is InChI=1S/C18H25N5O2S/c1-4-12(2)20-17-10-18(22-13(3)21-17)23-8-7-14-5-6-16(26(19,24)25)9-15(14)11-23/h5-6,9-10,12H,4,7-8,11H2,1-3H3,(H2,19,24,25)(H,20,21,22)/t12-/m1/s1. The van der Waals surface area contributed by atoms with Gasteiger partial charge in [-0.15, -0.1) is 0 Å². The monoisotopic (exact) mass is 375 g/mol. The largest absolute Gasteiger partial charge is 0.367 e. The summed E-state index contributed by atoms with van der Waals surface area (Å²) in [5, 5.41) is 8.65. The number of nitrogens with one attached hydrogen (secondary N) is 1. The molecule has 2 heterocycles. The van der Waals surface area contributed by atoms with Gasteiger partial charge < -0.3 is 10.2 Å². The second-order valence-corrected chi connectivity index (χ2v) is 8.32. The van der Waals surface area contributed by atoms with Crippen LogP contribution in [-0.2, 0) is 23.0 Å². The molecule has 0 unspecified atom stereocenters. The molecular weight excluding hydrogens is 350 g/mol. The van der Waals surface area contributed by atoms with Gasteiger partial charge in [-0.05, 0) is 49.9 Å². The number of nitrogens with zero attached hydrogens (tertiary/aromatic N) is 3. The van der Waals surface area contributed by atoms with E-state index in [2.05, 4.69) is 34.0 Å². The van der Waals surface area contributed by atoms with Gasteiger partial charge in [0.15, 0.2) is 0 Å². The van der Waals surface area contributed by atoms with E-state index in [1.807, 2.05) is 19.1 Å². The first kappa shape index (κ1) is 18.6. The Morgan fingerprint density at radius 3 is 2.73 bits per heavy atom. The molecule has 26 heavy (non-hydrogen) atoms. The van der Waals surface area contributed by atoms with Crippen molar-refractivity contribution in [2.75, 3.05) is 16.8 Å². The smallest absolute Gasteiger partial charge is 0.238 e. The van der Waals surface area contributed by atoms with Crippen molar-refractivity contribution in [3.8, 4) is 0 Å². The number of hydrogen-bond donors (Lipinski definition) is 2. The van der Waals surface area contributed by atoms with Crippen LogP contribution in [0.15, 0.2) is 29.2 Å². The molecular formula is C18H25N5O2S. The summed E-state index contributed by atoms with van der Waals surface area (Å²) in [6.07, 6.45) is 1.84. The van der Waals surface area contributed by atoms with Crippen LogP contribution < -0.4 is 15.4 Å². The Labute approximate surface area is 154 Å². The molecule has 140 valence electrons. The third-order valence-electron chi connectivity index (χ3n) is 4.67. The van der Waals surface area contributed by atoms with E-state index >= 15 is 0 Å². The predicted octanol–water partition coefficient (Wildman–Crippen LogP) is 2.21. The number of aromatic nitrogens is 2. The number of fused-ring (bicyclic) bond motifs is 1. The maximum absolute atomic E-state index is 11.6. The molecule has 1 aromatic carbocycles. The van der Waals surface area contributed by atoms with E-state index in [9.17, 15) is 8.42 Å².